The van der Waals surface area contributed by atoms with Crippen molar-refractivity contribution >= 4 is 19.8 Å². The van der Waals surface area contributed by atoms with E-state index in [2.05, 4.69) is 62.5 Å². The molecule has 0 N–H and O–H groups in total. The third-order valence-corrected chi connectivity index (χ3v) is 8.80. The molecule has 0 aromatic rings. The van der Waals surface area contributed by atoms with Crippen LogP contribution in [-0.2, 0) is 32.7 Å². The maximum Gasteiger partial charge on any atom is 0.306 e. The van der Waals surface area contributed by atoms with E-state index in [0.717, 1.165) is 64.2 Å². The maximum absolute atomic E-state index is 12.6. The van der Waals surface area contributed by atoms with Gasteiger partial charge in [0.05, 0.1) is 27.7 Å². The van der Waals surface area contributed by atoms with Gasteiger partial charge in [-0.05, 0) is 51.4 Å². The van der Waals surface area contributed by atoms with Gasteiger partial charge >= 0.3 is 11.9 Å². The molecule has 10 heteroatoms. The van der Waals surface area contributed by atoms with Crippen LogP contribution in [0.15, 0.2) is 48.6 Å². The summed E-state index contributed by atoms with van der Waals surface area (Å²) >= 11 is 0. The van der Waals surface area contributed by atoms with E-state index >= 15 is 0 Å². The Morgan fingerprint density at radius 3 is 1.68 bits per heavy atom. The number of nitrogens with zero attached hydrogens (tertiary/aromatic N) is 1. The summed E-state index contributed by atoms with van der Waals surface area (Å²) in [6.45, 7) is 4.07. The number of phosphoric acid groups is 1. The highest BCUT2D eigenvalue weighted by Crippen LogP contribution is 2.38. The number of likely N-dealkylation sites (N-methyl/N-ethyl adjacent to an activating group) is 1. The van der Waals surface area contributed by atoms with Crippen molar-refractivity contribution < 1.29 is 42.1 Å². The number of unbranched alkanes of at least 4 members (excludes halogenated alkanes) is 12. The van der Waals surface area contributed by atoms with E-state index in [1.54, 1.807) is 0 Å². The highest BCUT2D eigenvalue weighted by atomic mass is 31.2. The van der Waals surface area contributed by atoms with Crippen LogP contribution in [-0.4, -0.2) is 70.0 Å². The van der Waals surface area contributed by atoms with Gasteiger partial charge in [-0.3, -0.25) is 14.2 Å². The molecular formula is C40H72NO8P. The molecule has 0 fully saturated rings. The van der Waals surface area contributed by atoms with E-state index in [1.807, 2.05) is 21.1 Å². The molecule has 2 atom stereocenters. The van der Waals surface area contributed by atoms with Gasteiger partial charge in [0.2, 0.25) is 0 Å². The Kier molecular flexibility index (Phi) is 31.5. The third kappa shape index (κ3) is 35.8. The molecule has 0 aliphatic carbocycles. The minimum Gasteiger partial charge on any atom is -0.756 e. The molecule has 0 aliphatic rings. The molecule has 290 valence electrons. The number of allylic oxidation sites excluding steroid dienone is 8. The molecule has 0 amide bonds. The molecule has 0 heterocycles. The summed E-state index contributed by atoms with van der Waals surface area (Å²) in [5.74, 6) is -0.878. The van der Waals surface area contributed by atoms with Gasteiger partial charge in [-0.25, -0.2) is 0 Å². The highest BCUT2D eigenvalue weighted by molar-refractivity contribution is 7.45. The molecule has 0 aliphatic heterocycles. The number of rotatable bonds is 34. The summed E-state index contributed by atoms with van der Waals surface area (Å²) in [5, 5.41) is 0. The molecule has 0 aromatic carbocycles. The summed E-state index contributed by atoms with van der Waals surface area (Å²) in [6, 6.07) is 0. The molecule has 0 saturated carbocycles. The van der Waals surface area contributed by atoms with Gasteiger partial charge in [0.15, 0.2) is 6.10 Å². The summed E-state index contributed by atoms with van der Waals surface area (Å²) < 4.78 is 33.7. The van der Waals surface area contributed by atoms with Crippen molar-refractivity contribution in [3.63, 3.8) is 0 Å². The van der Waals surface area contributed by atoms with E-state index in [9.17, 15) is 19.0 Å². The molecule has 1 unspecified atom stereocenters. The minimum absolute atomic E-state index is 0.0383. The number of carbonyl (C=O) groups excluding carboxylic acids is 2. The first-order valence-corrected chi connectivity index (χ1v) is 20.8. The van der Waals surface area contributed by atoms with E-state index in [4.69, 9.17) is 18.5 Å². The van der Waals surface area contributed by atoms with Crippen molar-refractivity contribution in [2.75, 3.05) is 47.5 Å². The van der Waals surface area contributed by atoms with E-state index in [-0.39, 0.29) is 26.1 Å². The molecule has 9 nitrogen and oxygen atoms in total. The number of esters is 2. The van der Waals surface area contributed by atoms with Crippen molar-refractivity contribution in [2.24, 2.45) is 0 Å². The second-order valence-corrected chi connectivity index (χ2v) is 15.4. The second kappa shape index (κ2) is 32.8. The zero-order valence-corrected chi connectivity index (χ0v) is 33.2. The van der Waals surface area contributed by atoms with Gasteiger partial charge in [-0.2, -0.15) is 0 Å². The van der Waals surface area contributed by atoms with E-state index < -0.39 is 32.5 Å². The van der Waals surface area contributed by atoms with Crippen LogP contribution in [0, 0.1) is 0 Å². The predicted molar refractivity (Wildman–Crippen MR) is 203 cm³/mol. The van der Waals surface area contributed by atoms with Crippen molar-refractivity contribution in [3.05, 3.63) is 48.6 Å². The topological polar surface area (TPSA) is 111 Å². The fourth-order valence-electron chi connectivity index (χ4n) is 4.76. The Morgan fingerprint density at radius 2 is 1.12 bits per heavy atom. The van der Waals surface area contributed by atoms with E-state index in [0.29, 0.717) is 17.4 Å². The zero-order valence-electron chi connectivity index (χ0n) is 32.3. The second-order valence-electron chi connectivity index (χ2n) is 13.9. The summed E-state index contributed by atoms with van der Waals surface area (Å²) in [7, 11) is 1.14. The monoisotopic (exact) mass is 725 g/mol. The Balaban J connectivity index is 4.49. The SMILES string of the molecule is CCC/C=C/C/C=C/C/C=C/C/C=C/CCCCCC(=O)O[C@H](COC(=O)CCCCCCCCCCC)COP(=O)([O-])OCC[N+](C)(C)C. The van der Waals surface area contributed by atoms with Crippen LogP contribution in [0.5, 0.6) is 0 Å². The summed E-state index contributed by atoms with van der Waals surface area (Å²) in [5.41, 5.74) is 0. The molecule has 0 saturated heterocycles. The number of hydrogen-bond donors (Lipinski definition) is 0. The molecule has 0 aromatic heterocycles. The van der Waals surface area contributed by atoms with Crippen LogP contribution in [0.25, 0.3) is 0 Å². The molecule has 50 heavy (non-hydrogen) atoms. The van der Waals surface area contributed by atoms with Gasteiger partial charge in [-0.15, -0.1) is 0 Å². The first-order chi connectivity index (χ1) is 24.0. The number of phosphoric ester groups is 1. The van der Waals surface area contributed by atoms with Crippen molar-refractivity contribution in [1.82, 2.24) is 0 Å². The quantitative estimate of drug-likeness (QED) is 0.0212. The third-order valence-electron chi connectivity index (χ3n) is 7.83. The van der Waals surface area contributed by atoms with Gasteiger partial charge in [0.25, 0.3) is 7.82 Å². The standard InChI is InChI=1S/C40H72NO8P/c1-6-8-10-12-14-16-17-18-19-20-21-22-23-25-27-29-31-33-40(43)49-38(37-48-50(44,45)47-35-34-41(3,4)5)36-46-39(42)32-30-28-26-24-15-13-11-9-7-2/h10,12,16-17,19-20,22-23,38H,6-9,11,13-15,18,21,24-37H2,1-5H3/b12-10+,17-16+,20-19+,23-22+/t38-/m1/s1. The average Bonchev–Trinajstić information content (AvgIpc) is 3.06. The predicted octanol–water partition coefficient (Wildman–Crippen LogP) is 9.72. The van der Waals surface area contributed by atoms with Crippen LogP contribution in [0.3, 0.4) is 0 Å². The largest absolute Gasteiger partial charge is 0.756 e. The Morgan fingerprint density at radius 1 is 0.620 bits per heavy atom. The van der Waals surface area contributed by atoms with E-state index in [1.165, 1.54) is 44.9 Å². The summed E-state index contributed by atoms with van der Waals surface area (Å²) in [6.07, 6.45) is 35.7. The normalized spacial score (nSPS) is 14.3. The molecular weight excluding hydrogens is 653 g/mol. The fraction of sp³-hybridized carbons (Fsp3) is 0.750. The minimum atomic E-state index is -4.62. The van der Waals surface area contributed by atoms with Gasteiger partial charge in [0, 0.05) is 12.8 Å². The molecule has 0 spiro atoms. The van der Waals surface area contributed by atoms with Crippen LogP contribution in [0.2, 0.25) is 0 Å². The lowest BCUT2D eigenvalue weighted by atomic mass is 10.1. The average molecular weight is 726 g/mol. The van der Waals surface area contributed by atoms with Crippen molar-refractivity contribution in [1.29, 1.82) is 0 Å². The summed E-state index contributed by atoms with van der Waals surface area (Å²) in [4.78, 5) is 37.3. The number of carbonyl (C=O) groups is 2. The Bertz CT molecular complexity index is 1000. The maximum atomic E-state index is 12.6. The number of quaternary nitrogens is 1. The number of hydrogen-bond acceptors (Lipinski definition) is 8. The lowest BCUT2D eigenvalue weighted by molar-refractivity contribution is -0.870. The zero-order chi connectivity index (χ0) is 37.2. The first kappa shape index (κ1) is 48.0. The van der Waals surface area contributed by atoms with Crippen LogP contribution >= 0.6 is 7.82 Å². The van der Waals surface area contributed by atoms with Gasteiger partial charge in [0.1, 0.15) is 19.8 Å². The lowest BCUT2D eigenvalue weighted by Gasteiger charge is -2.28. The fourth-order valence-corrected chi connectivity index (χ4v) is 5.49. The van der Waals surface area contributed by atoms with Crippen LogP contribution in [0.4, 0.5) is 0 Å². The molecule has 0 rings (SSSR count). The van der Waals surface area contributed by atoms with Crippen LogP contribution in [0.1, 0.15) is 142 Å². The van der Waals surface area contributed by atoms with Gasteiger partial charge in [-0.1, -0.05) is 127 Å². The Labute approximate surface area is 305 Å². The molecule has 0 radical (unpaired) electrons. The molecule has 0 bridgehead atoms. The van der Waals surface area contributed by atoms with Crippen molar-refractivity contribution in [2.45, 2.75) is 148 Å². The number of ether oxygens (including phenoxy) is 2. The highest BCUT2D eigenvalue weighted by Gasteiger charge is 2.21. The first-order valence-electron chi connectivity index (χ1n) is 19.3. The smallest absolute Gasteiger partial charge is 0.306 e. The van der Waals surface area contributed by atoms with Gasteiger partial charge < -0.3 is 27.9 Å². The van der Waals surface area contributed by atoms with Crippen LogP contribution < -0.4 is 4.89 Å². The Hall–Kier alpha value is -2.03. The lowest BCUT2D eigenvalue weighted by Crippen LogP contribution is -2.37. The van der Waals surface area contributed by atoms with Crippen molar-refractivity contribution in [3.8, 4) is 0 Å².